The van der Waals surface area contributed by atoms with E-state index in [-0.39, 0.29) is 17.4 Å². The number of nitrogens with one attached hydrogen (secondary N) is 2. The van der Waals surface area contributed by atoms with Gasteiger partial charge in [0.05, 0.1) is 12.2 Å². The SMILES string of the molecule is CC(Nc1nc2c(cnn2C)c(=O)[nH]1)c1cc(F)ccc1N(C)C. The van der Waals surface area contributed by atoms with Crippen LogP contribution in [0.5, 0.6) is 0 Å². The van der Waals surface area contributed by atoms with Crippen molar-refractivity contribution in [2.24, 2.45) is 7.05 Å². The number of aryl methyl sites for hydroxylation is 1. The Morgan fingerprint density at radius 2 is 2.12 bits per heavy atom. The van der Waals surface area contributed by atoms with Gasteiger partial charge in [-0.15, -0.1) is 0 Å². The molecule has 126 valence electrons. The summed E-state index contributed by atoms with van der Waals surface area (Å²) in [5.41, 5.74) is 1.88. The zero-order valence-electron chi connectivity index (χ0n) is 14.0. The topological polar surface area (TPSA) is 78.8 Å². The van der Waals surface area contributed by atoms with Crippen LogP contribution in [0.2, 0.25) is 0 Å². The number of aromatic amines is 1. The number of fused-ring (bicyclic) bond motifs is 1. The van der Waals surface area contributed by atoms with E-state index in [0.717, 1.165) is 11.3 Å². The Kier molecular flexibility index (Phi) is 3.96. The molecule has 0 radical (unpaired) electrons. The first kappa shape index (κ1) is 16.0. The molecule has 8 heteroatoms. The first-order valence-corrected chi connectivity index (χ1v) is 7.52. The molecule has 2 aromatic heterocycles. The summed E-state index contributed by atoms with van der Waals surface area (Å²) in [6.07, 6.45) is 1.48. The Bertz CT molecular complexity index is 945. The Labute approximate surface area is 138 Å². The number of rotatable bonds is 4. The van der Waals surface area contributed by atoms with Crippen LogP contribution >= 0.6 is 0 Å². The van der Waals surface area contributed by atoms with Gasteiger partial charge in [-0.05, 0) is 25.1 Å². The van der Waals surface area contributed by atoms with Gasteiger partial charge in [-0.2, -0.15) is 10.1 Å². The molecule has 1 unspecified atom stereocenters. The molecular weight excluding hydrogens is 311 g/mol. The largest absolute Gasteiger partial charge is 0.377 e. The van der Waals surface area contributed by atoms with Crippen molar-refractivity contribution >= 4 is 22.7 Å². The van der Waals surface area contributed by atoms with E-state index < -0.39 is 0 Å². The average Bonchev–Trinajstić information content (AvgIpc) is 2.89. The van der Waals surface area contributed by atoms with Crippen LogP contribution in [0.25, 0.3) is 11.0 Å². The molecule has 0 aliphatic heterocycles. The first-order valence-electron chi connectivity index (χ1n) is 7.52. The molecule has 24 heavy (non-hydrogen) atoms. The van der Waals surface area contributed by atoms with E-state index in [1.54, 1.807) is 13.1 Å². The minimum atomic E-state index is -0.312. The highest BCUT2D eigenvalue weighted by Gasteiger charge is 2.15. The quantitative estimate of drug-likeness (QED) is 0.765. The van der Waals surface area contributed by atoms with E-state index in [9.17, 15) is 9.18 Å². The Hall–Kier alpha value is -2.90. The number of H-pyrrole nitrogens is 1. The van der Waals surface area contributed by atoms with Gasteiger partial charge in [-0.3, -0.25) is 14.5 Å². The summed E-state index contributed by atoms with van der Waals surface area (Å²) >= 11 is 0. The molecule has 0 spiro atoms. The van der Waals surface area contributed by atoms with E-state index in [1.165, 1.54) is 23.0 Å². The van der Waals surface area contributed by atoms with Gasteiger partial charge in [-0.25, -0.2) is 4.39 Å². The van der Waals surface area contributed by atoms with Crippen molar-refractivity contribution in [2.75, 3.05) is 24.3 Å². The minimum Gasteiger partial charge on any atom is -0.377 e. The number of hydrogen-bond acceptors (Lipinski definition) is 5. The van der Waals surface area contributed by atoms with Gasteiger partial charge < -0.3 is 10.2 Å². The number of nitrogens with zero attached hydrogens (tertiary/aromatic N) is 4. The maximum absolute atomic E-state index is 13.7. The summed E-state index contributed by atoms with van der Waals surface area (Å²) < 4.78 is 15.2. The molecule has 0 amide bonds. The highest BCUT2D eigenvalue weighted by Crippen LogP contribution is 2.27. The van der Waals surface area contributed by atoms with Crippen molar-refractivity contribution in [1.82, 2.24) is 19.7 Å². The van der Waals surface area contributed by atoms with Crippen LogP contribution in [-0.4, -0.2) is 33.8 Å². The minimum absolute atomic E-state index is 0.257. The van der Waals surface area contributed by atoms with E-state index in [1.807, 2.05) is 25.9 Å². The number of hydrogen-bond donors (Lipinski definition) is 2. The van der Waals surface area contributed by atoms with Crippen LogP contribution in [0.1, 0.15) is 18.5 Å². The summed E-state index contributed by atoms with van der Waals surface area (Å²) in [4.78, 5) is 21.1. The summed E-state index contributed by atoms with van der Waals surface area (Å²) in [6.45, 7) is 1.88. The Balaban J connectivity index is 1.98. The molecule has 0 aliphatic carbocycles. The second-order valence-electron chi connectivity index (χ2n) is 5.88. The third-order valence-corrected chi connectivity index (χ3v) is 3.89. The molecule has 2 heterocycles. The van der Waals surface area contributed by atoms with Crippen molar-refractivity contribution in [3.8, 4) is 0 Å². The highest BCUT2D eigenvalue weighted by molar-refractivity contribution is 5.74. The molecule has 2 N–H and O–H groups in total. The van der Waals surface area contributed by atoms with Gasteiger partial charge in [0.1, 0.15) is 11.2 Å². The van der Waals surface area contributed by atoms with Gasteiger partial charge in [-0.1, -0.05) is 0 Å². The van der Waals surface area contributed by atoms with Gasteiger partial charge in [0.25, 0.3) is 5.56 Å². The maximum Gasteiger partial charge on any atom is 0.263 e. The second-order valence-corrected chi connectivity index (χ2v) is 5.88. The zero-order chi connectivity index (χ0) is 17.4. The number of benzene rings is 1. The lowest BCUT2D eigenvalue weighted by atomic mass is 10.1. The lowest BCUT2D eigenvalue weighted by Gasteiger charge is -2.22. The van der Waals surface area contributed by atoms with Gasteiger partial charge in [0.15, 0.2) is 5.65 Å². The fraction of sp³-hybridized carbons (Fsp3) is 0.312. The summed E-state index contributed by atoms with van der Waals surface area (Å²) in [7, 11) is 5.51. The average molecular weight is 330 g/mol. The molecule has 0 aliphatic rings. The molecule has 0 bridgehead atoms. The summed E-state index contributed by atoms with van der Waals surface area (Å²) in [5.74, 6) is 0.00496. The molecule has 3 aromatic rings. The van der Waals surface area contributed by atoms with Crippen molar-refractivity contribution in [3.05, 3.63) is 46.1 Å². The smallest absolute Gasteiger partial charge is 0.263 e. The fourth-order valence-electron chi connectivity index (χ4n) is 2.66. The molecule has 0 saturated carbocycles. The van der Waals surface area contributed by atoms with Crippen LogP contribution < -0.4 is 15.8 Å². The van der Waals surface area contributed by atoms with Gasteiger partial charge >= 0.3 is 0 Å². The third kappa shape index (κ3) is 2.82. The molecule has 0 fully saturated rings. The molecule has 1 atom stereocenters. The highest BCUT2D eigenvalue weighted by atomic mass is 19.1. The van der Waals surface area contributed by atoms with E-state index in [4.69, 9.17) is 0 Å². The number of halogens is 1. The zero-order valence-corrected chi connectivity index (χ0v) is 14.0. The monoisotopic (exact) mass is 330 g/mol. The van der Waals surface area contributed by atoms with Crippen molar-refractivity contribution in [2.45, 2.75) is 13.0 Å². The van der Waals surface area contributed by atoms with Crippen molar-refractivity contribution in [3.63, 3.8) is 0 Å². The van der Waals surface area contributed by atoms with Crippen LogP contribution in [0, 0.1) is 5.82 Å². The number of anilines is 2. The summed E-state index contributed by atoms with van der Waals surface area (Å²) in [5, 5.41) is 7.59. The lowest BCUT2D eigenvalue weighted by molar-refractivity contribution is 0.623. The van der Waals surface area contributed by atoms with Gasteiger partial charge in [0.2, 0.25) is 5.95 Å². The van der Waals surface area contributed by atoms with Crippen molar-refractivity contribution in [1.29, 1.82) is 0 Å². The predicted octanol–water partition coefficient (Wildman–Crippen LogP) is 2.03. The van der Waals surface area contributed by atoms with Crippen LogP contribution in [-0.2, 0) is 7.05 Å². The molecule has 7 nitrogen and oxygen atoms in total. The number of aromatic nitrogens is 4. The molecule has 3 rings (SSSR count). The van der Waals surface area contributed by atoms with Crippen LogP contribution in [0.4, 0.5) is 16.0 Å². The van der Waals surface area contributed by atoms with Gasteiger partial charge in [0, 0.05) is 32.4 Å². The summed E-state index contributed by atoms with van der Waals surface area (Å²) in [6, 6.07) is 4.37. The normalized spacial score (nSPS) is 12.4. The molecular formula is C16H19FN6O. The Morgan fingerprint density at radius 3 is 2.83 bits per heavy atom. The predicted molar refractivity (Wildman–Crippen MR) is 91.9 cm³/mol. The van der Waals surface area contributed by atoms with E-state index in [0.29, 0.717) is 17.0 Å². The molecule has 1 aromatic carbocycles. The third-order valence-electron chi connectivity index (χ3n) is 3.89. The van der Waals surface area contributed by atoms with E-state index in [2.05, 4.69) is 20.4 Å². The van der Waals surface area contributed by atoms with Crippen LogP contribution in [0.3, 0.4) is 0 Å². The molecule has 0 saturated heterocycles. The maximum atomic E-state index is 13.7. The first-order chi connectivity index (χ1) is 11.4. The van der Waals surface area contributed by atoms with E-state index >= 15 is 0 Å². The Morgan fingerprint density at radius 1 is 1.38 bits per heavy atom. The standard InChI is InChI=1S/C16H19FN6O/c1-9(11-7-10(17)5-6-13(11)22(2)3)19-16-20-14-12(15(24)21-16)8-18-23(14)4/h5-9H,1-4H3,(H2,19,20,21,24). The van der Waals surface area contributed by atoms with Crippen LogP contribution in [0.15, 0.2) is 29.2 Å². The fourth-order valence-corrected chi connectivity index (χ4v) is 2.66. The van der Waals surface area contributed by atoms with Crippen molar-refractivity contribution < 1.29 is 4.39 Å². The lowest BCUT2D eigenvalue weighted by Crippen LogP contribution is -2.19. The second kappa shape index (κ2) is 5.95.